The maximum Gasteiger partial charge on any atom is 0.175 e. The van der Waals surface area contributed by atoms with Crippen molar-refractivity contribution in [2.75, 3.05) is 11.9 Å². The van der Waals surface area contributed by atoms with Gasteiger partial charge in [0.15, 0.2) is 11.5 Å². The first-order valence-electron chi connectivity index (χ1n) is 9.18. The van der Waals surface area contributed by atoms with E-state index < -0.39 is 0 Å². The van der Waals surface area contributed by atoms with Crippen LogP contribution in [0.5, 0.6) is 11.5 Å². The third-order valence-corrected chi connectivity index (χ3v) is 5.05. The fraction of sp³-hybridized carbons (Fsp3) is 0.217. The van der Waals surface area contributed by atoms with Gasteiger partial charge in [-0.25, -0.2) is 0 Å². The molecule has 3 rings (SSSR count). The van der Waals surface area contributed by atoms with Crippen LogP contribution in [0.2, 0.25) is 5.02 Å². The van der Waals surface area contributed by atoms with Crippen LogP contribution in [0, 0.1) is 6.92 Å². The van der Waals surface area contributed by atoms with E-state index in [4.69, 9.17) is 21.1 Å². The highest BCUT2D eigenvalue weighted by Crippen LogP contribution is 2.37. The van der Waals surface area contributed by atoms with Crippen molar-refractivity contribution < 1.29 is 9.47 Å². The largest absolute Gasteiger partial charge is 0.490 e. The van der Waals surface area contributed by atoms with Crippen molar-refractivity contribution in [2.45, 2.75) is 27.0 Å². The predicted octanol–water partition coefficient (Wildman–Crippen LogP) is 7.00. The highest BCUT2D eigenvalue weighted by atomic mass is 79.9. The van der Waals surface area contributed by atoms with E-state index in [0.29, 0.717) is 19.8 Å². The molecular weight excluding hydrogens is 438 g/mol. The lowest BCUT2D eigenvalue weighted by atomic mass is 10.1. The average molecular weight is 461 g/mol. The third-order valence-electron chi connectivity index (χ3n) is 4.21. The Morgan fingerprint density at radius 1 is 0.929 bits per heavy atom. The van der Waals surface area contributed by atoms with Gasteiger partial charge in [-0.1, -0.05) is 41.4 Å². The summed E-state index contributed by atoms with van der Waals surface area (Å²) in [6.07, 6.45) is 0. The van der Waals surface area contributed by atoms with Gasteiger partial charge < -0.3 is 14.8 Å². The number of anilines is 1. The van der Waals surface area contributed by atoms with Crippen molar-refractivity contribution >= 4 is 33.2 Å². The van der Waals surface area contributed by atoms with Gasteiger partial charge in [-0.2, -0.15) is 0 Å². The summed E-state index contributed by atoms with van der Waals surface area (Å²) in [6.45, 7) is 5.77. The second-order valence-corrected chi connectivity index (χ2v) is 7.76. The quantitative estimate of drug-likeness (QED) is 0.392. The number of aryl methyl sites for hydroxylation is 1. The minimum absolute atomic E-state index is 0.487. The number of benzene rings is 3. The van der Waals surface area contributed by atoms with Gasteiger partial charge in [0, 0.05) is 17.3 Å². The van der Waals surface area contributed by atoms with Crippen LogP contribution in [-0.2, 0) is 13.2 Å². The molecule has 0 saturated carbocycles. The number of nitrogens with one attached hydrogen (secondary N) is 1. The third kappa shape index (κ3) is 5.66. The maximum absolute atomic E-state index is 6.07. The number of hydrogen-bond acceptors (Lipinski definition) is 3. The van der Waals surface area contributed by atoms with Crippen molar-refractivity contribution in [3.63, 3.8) is 0 Å². The lowest BCUT2D eigenvalue weighted by molar-refractivity contribution is 0.267. The van der Waals surface area contributed by atoms with Gasteiger partial charge in [-0.15, -0.1) is 0 Å². The highest BCUT2D eigenvalue weighted by molar-refractivity contribution is 9.10. The van der Waals surface area contributed by atoms with Gasteiger partial charge in [0.2, 0.25) is 0 Å². The SMILES string of the molecule is CCOc1cc(CNc2ccc(Cl)cc2)cc(Br)c1OCc1ccc(C)cc1. The molecule has 0 aliphatic rings. The fourth-order valence-corrected chi connectivity index (χ4v) is 3.47. The smallest absolute Gasteiger partial charge is 0.175 e. The Morgan fingerprint density at radius 2 is 1.64 bits per heavy atom. The molecular formula is C23H23BrClNO2. The van der Waals surface area contributed by atoms with E-state index in [-0.39, 0.29) is 0 Å². The van der Waals surface area contributed by atoms with Crippen molar-refractivity contribution in [3.05, 3.63) is 86.8 Å². The van der Waals surface area contributed by atoms with Crippen LogP contribution in [0.4, 0.5) is 5.69 Å². The summed E-state index contributed by atoms with van der Waals surface area (Å²) in [4.78, 5) is 0. The molecule has 0 unspecified atom stereocenters. The molecule has 1 N–H and O–H groups in total. The molecule has 3 aromatic rings. The first-order valence-corrected chi connectivity index (χ1v) is 10.3. The standard InChI is InChI=1S/C23H23BrClNO2/c1-3-27-22-13-18(14-26-20-10-8-19(25)9-11-20)12-21(24)23(22)28-15-17-6-4-16(2)5-7-17/h4-13,26H,3,14-15H2,1-2H3. The van der Waals surface area contributed by atoms with Crippen LogP contribution in [0.25, 0.3) is 0 Å². The van der Waals surface area contributed by atoms with Crippen LogP contribution >= 0.6 is 27.5 Å². The Hall–Kier alpha value is -2.17. The van der Waals surface area contributed by atoms with Gasteiger partial charge in [-0.05, 0) is 77.3 Å². The van der Waals surface area contributed by atoms with Gasteiger partial charge in [0.05, 0.1) is 11.1 Å². The van der Waals surface area contributed by atoms with Gasteiger partial charge in [0.1, 0.15) is 6.61 Å². The molecule has 0 radical (unpaired) electrons. The lowest BCUT2D eigenvalue weighted by Crippen LogP contribution is -2.04. The molecule has 0 fully saturated rings. The maximum atomic E-state index is 6.07. The molecule has 0 aliphatic carbocycles. The molecule has 0 bridgehead atoms. The molecule has 0 saturated heterocycles. The molecule has 5 heteroatoms. The fourth-order valence-electron chi connectivity index (χ4n) is 2.74. The van der Waals surface area contributed by atoms with E-state index in [1.807, 2.05) is 37.3 Å². The topological polar surface area (TPSA) is 30.5 Å². The minimum Gasteiger partial charge on any atom is -0.490 e. The van der Waals surface area contributed by atoms with Crippen molar-refractivity contribution in [1.82, 2.24) is 0 Å². The summed E-state index contributed by atoms with van der Waals surface area (Å²) in [7, 11) is 0. The molecule has 3 nitrogen and oxygen atoms in total. The number of halogens is 2. The van der Waals surface area contributed by atoms with Crippen LogP contribution in [0.3, 0.4) is 0 Å². The Kier molecular flexibility index (Phi) is 7.24. The number of ether oxygens (including phenoxy) is 2. The summed E-state index contributed by atoms with van der Waals surface area (Å²) >= 11 is 9.58. The van der Waals surface area contributed by atoms with Gasteiger partial charge in [0.25, 0.3) is 0 Å². The summed E-state index contributed by atoms with van der Waals surface area (Å²) in [5, 5.41) is 4.12. The summed E-state index contributed by atoms with van der Waals surface area (Å²) in [5.41, 5.74) is 4.46. The van der Waals surface area contributed by atoms with E-state index in [2.05, 4.69) is 58.5 Å². The molecule has 0 amide bonds. The highest BCUT2D eigenvalue weighted by Gasteiger charge is 2.13. The van der Waals surface area contributed by atoms with E-state index in [1.54, 1.807) is 0 Å². The number of hydrogen-bond donors (Lipinski definition) is 1. The Morgan fingerprint density at radius 3 is 2.32 bits per heavy atom. The van der Waals surface area contributed by atoms with Gasteiger partial charge in [-0.3, -0.25) is 0 Å². The van der Waals surface area contributed by atoms with Crippen LogP contribution in [-0.4, -0.2) is 6.61 Å². The second kappa shape index (κ2) is 9.85. The van der Waals surface area contributed by atoms with Crippen molar-refractivity contribution in [3.8, 4) is 11.5 Å². The second-order valence-electron chi connectivity index (χ2n) is 6.47. The Bertz CT molecular complexity index is 911. The van der Waals surface area contributed by atoms with Gasteiger partial charge >= 0.3 is 0 Å². The zero-order chi connectivity index (χ0) is 19.9. The molecule has 0 spiro atoms. The normalized spacial score (nSPS) is 10.6. The lowest BCUT2D eigenvalue weighted by Gasteiger charge is -2.16. The average Bonchev–Trinajstić information content (AvgIpc) is 2.68. The van der Waals surface area contributed by atoms with E-state index in [0.717, 1.165) is 37.8 Å². The van der Waals surface area contributed by atoms with Crippen LogP contribution < -0.4 is 14.8 Å². The number of rotatable bonds is 8. The molecule has 3 aromatic carbocycles. The first-order chi connectivity index (χ1) is 13.5. The summed E-state index contributed by atoms with van der Waals surface area (Å²) in [5.74, 6) is 1.45. The predicted molar refractivity (Wildman–Crippen MR) is 120 cm³/mol. The Balaban J connectivity index is 1.73. The minimum atomic E-state index is 0.487. The first kappa shape index (κ1) is 20.6. The molecule has 0 atom stereocenters. The molecule has 0 aromatic heterocycles. The summed E-state index contributed by atoms with van der Waals surface area (Å²) in [6, 6.07) is 20.0. The van der Waals surface area contributed by atoms with E-state index in [1.165, 1.54) is 5.56 Å². The monoisotopic (exact) mass is 459 g/mol. The molecule has 0 heterocycles. The van der Waals surface area contributed by atoms with Crippen LogP contribution in [0.1, 0.15) is 23.6 Å². The molecule has 0 aliphatic heterocycles. The molecule has 146 valence electrons. The van der Waals surface area contributed by atoms with Crippen LogP contribution in [0.15, 0.2) is 65.1 Å². The Labute approximate surface area is 179 Å². The van der Waals surface area contributed by atoms with E-state index in [9.17, 15) is 0 Å². The van der Waals surface area contributed by atoms with Crippen molar-refractivity contribution in [1.29, 1.82) is 0 Å². The van der Waals surface area contributed by atoms with Crippen molar-refractivity contribution in [2.24, 2.45) is 0 Å². The zero-order valence-corrected chi connectivity index (χ0v) is 18.3. The zero-order valence-electron chi connectivity index (χ0n) is 16.0. The van der Waals surface area contributed by atoms with E-state index >= 15 is 0 Å². The summed E-state index contributed by atoms with van der Waals surface area (Å²) < 4.78 is 12.8. The molecule has 28 heavy (non-hydrogen) atoms.